The van der Waals surface area contributed by atoms with Gasteiger partial charge < -0.3 is 10.6 Å². The van der Waals surface area contributed by atoms with Crippen molar-refractivity contribution in [2.24, 2.45) is 5.73 Å². The lowest BCUT2D eigenvalue weighted by molar-refractivity contribution is -0.132. The molecule has 0 aromatic carbocycles. The van der Waals surface area contributed by atoms with Crippen molar-refractivity contribution < 1.29 is 4.79 Å². The smallest absolute Gasteiger partial charge is 0.222 e. The zero-order chi connectivity index (χ0) is 10.4. The second-order valence-electron chi connectivity index (χ2n) is 3.81. The van der Waals surface area contributed by atoms with Crippen LogP contribution in [0.5, 0.6) is 0 Å². The van der Waals surface area contributed by atoms with E-state index in [9.17, 15) is 4.79 Å². The third-order valence-electron chi connectivity index (χ3n) is 2.63. The average molecular weight is 216 g/mol. The molecule has 0 aromatic heterocycles. The summed E-state index contributed by atoms with van der Waals surface area (Å²) in [4.78, 5) is 13.6. The molecule has 3 nitrogen and oxygen atoms in total. The number of hydrogen-bond acceptors (Lipinski definition) is 3. The Hall–Kier alpha value is -0.220. The van der Waals surface area contributed by atoms with Gasteiger partial charge in [-0.1, -0.05) is 0 Å². The lowest BCUT2D eigenvalue weighted by Gasteiger charge is -2.30. The van der Waals surface area contributed by atoms with Crippen LogP contribution in [0.15, 0.2) is 0 Å². The number of nitrogens with two attached hydrogens (primary N) is 1. The maximum absolute atomic E-state index is 11.7. The number of likely N-dealkylation sites (tertiary alicyclic amines) is 1. The fourth-order valence-electron chi connectivity index (χ4n) is 1.67. The Morgan fingerprint density at radius 3 is 2.71 bits per heavy atom. The molecule has 1 aliphatic heterocycles. The second-order valence-corrected chi connectivity index (χ2v) is 4.80. The summed E-state index contributed by atoms with van der Waals surface area (Å²) in [5, 5.41) is 0. The molecule has 0 spiro atoms. The Bertz CT molecular complexity index is 179. The summed E-state index contributed by atoms with van der Waals surface area (Å²) < 4.78 is 0. The first-order chi connectivity index (χ1) is 6.74. The van der Waals surface area contributed by atoms with Gasteiger partial charge in [-0.2, -0.15) is 11.8 Å². The predicted octanol–water partition coefficient (Wildman–Crippen LogP) is 1.08. The summed E-state index contributed by atoms with van der Waals surface area (Å²) in [6.07, 6.45) is 5.71. The van der Waals surface area contributed by atoms with Crippen LogP contribution in [-0.4, -0.2) is 41.9 Å². The molecule has 0 aromatic rings. The number of thioether (sulfide) groups is 1. The highest BCUT2D eigenvalue weighted by atomic mass is 32.2. The Labute approximate surface area is 90.4 Å². The van der Waals surface area contributed by atoms with Gasteiger partial charge in [-0.15, -0.1) is 0 Å². The summed E-state index contributed by atoms with van der Waals surface area (Å²) in [6.45, 7) is 1.72. The van der Waals surface area contributed by atoms with E-state index in [1.54, 1.807) is 11.8 Å². The molecule has 2 N–H and O–H groups in total. The quantitative estimate of drug-likeness (QED) is 0.715. The standard InChI is InChI=1S/C10H20N2OS/c1-14-8-2-3-10(13)12-6-4-9(11)5-7-12/h9H,2-8,11H2,1H3. The molecule has 0 aliphatic carbocycles. The van der Waals surface area contributed by atoms with Crippen molar-refractivity contribution in [2.45, 2.75) is 31.7 Å². The Morgan fingerprint density at radius 2 is 2.14 bits per heavy atom. The van der Waals surface area contributed by atoms with Crippen molar-refractivity contribution in [1.29, 1.82) is 0 Å². The van der Waals surface area contributed by atoms with Gasteiger partial charge in [-0.25, -0.2) is 0 Å². The molecule has 0 unspecified atom stereocenters. The molecule has 0 bridgehead atoms. The third kappa shape index (κ3) is 3.88. The summed E-state index contributed by atoms with van der Waals surface area (Å²) in [7, 11) is 0. The topological polar surface area (TPSA) is 46.3 Å². The lowest BCUT2D eigenvalue weighted by Crippen LogP contribution is -2.42. The van der Waals surface area contributed by atoms with E-state index < -0.39 is 0 Å². The summed E-state index contributed by atoms with van der Waals surface area (Å²) >= 11 is 1.80. The highest BCUT2D eigenvalue weighted by Crippen LogP contribution is 2.10. The molecule has 14 heavy (non-hydrogen) atoms. The van der Waals surface area contributed by atoms with Crippen LogP contribution < -0.4 is 5.73 Å². The molecule has 0 atom stereocenters. The Balaban J connectivity index is 2.17. The van der Waals surface area contributed by atoms with Gasteiger partial charge in [0, 0.05) is 25.6 Å². The van der Waals surface area contributed by atoms with Gasteiger partial charge in [0.15, 0.2) is 0 Å². The number of nitrogens with zero attached hydrogens (tertiary/aromatic N) is 1. The lowest BCUT2D eigenvalue weighted by atomic mass is 10.1. The van der Waals surface area contributed by atoms with Crippen molar-refractivity contribution in [2.75, 3.05) is 25.1 Å². The van der Waals surface area contributed by atoms with Crippen LogP contribution in [0.1, 0.15) is 25.7 Å². The number of carbonyl (C=O) groups is 1. The highest BCUT2D eigenvalue weighted by molar-refractivity contribution is 7.98. The van der Waals surface area contributed by atoms with E-state index in [1.165, 1.54) is 0 Å². The van der Waals surface area contributed by atoms with E-state index in [1.807, 2.05) is 4.90 Å². The minimum absolute atomic E-state index is 0.310. The zero-order valence-electron chi connectivity index (χ0n) is 8.87. The first kappa shape index (κ1) is 11.9. The predicted molar refractivity (Wildman–Crippen MR) is 61.4 cm³/mol. The van der Waals surface area contributed by atoms with Crippen molar-refractivity contribution in [1.82, 2.24) is 4.90 Å². The number of amides is 1. The number of piperidine rings is 1. The minimum Gasteiger partial charge on any atom is -0.343 e. The van der Waals surface area contributed by atoms with Crippen LogP contribution in [0.25, 0.3) is 0 Å². The van der Waals surface area contributed by atoms with E-state index in [0.717, 1.165) is 38.1 Å². The fourth-order valence-corrected chi connectivity index (χ4v) is 2.11. The zero-order valence-corrected chi connectivity index (χ0v) is 9.68. The third-order valence-corrected chi connectivity index (χ3v) is 3.33. The summed E-state index contributed by atoms with van der Waals surface area (Å²) in [6, 6.07) is 0.310. The maximum atomic E-state index is 11.7. The summed E-state index contributed by atoms with van der Waals surface area (Å²) in [5.74, 6) is 1.39. The van der Waals surface area contributed by atoms with Crippen molar-refractivity contribution in [3.05, 3.63) is 0 Å². The normalized spacial score (nSPS) is 18.6. The first-order valence-electron chi connectivity index (χ1n) is 5.26. The van der Waals surface area contributed by atoms with Gasteiger partial charge >= 0.3 is 0 Å². The van der Waals surface area contributed by atoms with Gasteiger partial charge in [-0.3, -0.25) is 4.79 Å². The van der Waals surface area contributed by atoms with Crippen LogP contribution in [0.2, 0.25) is 0 Å². The number of hydrogen-bond donors (Lipinski definition) is 1. The van der Waals surface area contributed by atoms with E-state index in [2.05, 4.69) is 6.26 Å². The molecular weight excluding hydrogens is 196 g/mol. The Morgan fingerprint density at radius 1 is 1.50 bits per heavy atom. The van der Waals surface area contributed by atoms with Gasteiger partial charge in [0.05, 0.1) is 0 Å². The van der Waals surface area contributed by atoms with Crippen molar-refractivity contribution >= 4 is 17.7 Å². The van der Waals surface area contributed by atoms with E-state index in [4.69, 9.17) is 5.73 Å². The molecule has 1 saturated heterocycles. The molecule has 1 fully saturated rings. The average Bonchev–Trinajstić information content (AvgIpc) is 2.19. The van der Waals surface area contributed by atoms with E-state index in [-0.39, 0.29) is 0 Å². The van der Waals surface area contributed by atoms with Crippen LogP contribution in [0.4, 0.5) is 0 Å². The molecule has 1 amide bonds. The van der Waals surface area contributed by atoms with E-state index >= 15 is 0 Å². The van der Waals surface area contributed by atoms with Crippen LogP contribution in [0, 0.1) is 0 Å². The maximum Gasteiger partial charge on any atom is 0.222 e. The van der Waals surface area contributed by atoms with Crippen LogP contribution >= 0.6 is 11.8 Å². The fraction of sp³-hybridized carbons (Fsp3) is 0.900. The highest BCUT2D eigenvalue weighted by Gasteiger charge is 2.19. The van der Waals surface area contributed by atoms with Gasteiger partial charge in [-0.05, 0) is 31.3 Å². The molecule has 82 valence electrons. The van der Waals surface area contributed by atoms with Crippen molar-refractivity contribution in [3.8, 4) is 0 Å². The van der Waals surface area contributed by atoms with Crippen LogP contribution in [0.3, 0.4) is 0 Å². The molecule has 0 saturated carbocycles. The molecule has 1 heterocycles. The van der Waals surface area contributed by atoms with Gasteiger partial charge in [0.1, 0.15) is 0 Å². The minimum atomic E-state index is 0.310. The molecular formula is C10H20N2OS. The van der Waals surface area contributed by atoms with Gasteiger partial charge in [0.2, 0.25) is 5.91 Å². The van der Waals surface area contributed by atoms with Crippen molar-refractivity contribution in [3.63, 3.8) is 0 Å². The largest absolute Gasteiger partial charge is 0.343 e. The first-order valence-corrected chi connectivity index (χ1v) is 6.65. The Kier molecular flexibility index (Phi) is 5.33. The molecule has 1 rings (SSSR count). The monoisotopic (exact) mass is 216 g/mol. The number of rotatable bonds is 4. The van der Waals surface area contributed by atoms with Gasteiger partial charge in [0.25, 0.3) is 0 Å². The second kappa shape index (κ2) is 6.30. The molecule has 4 heteroatoms. The molecule has 0 radical (unpaired) electrons. The number of carbonyl (C=O) groups excluding carboxylic acids is 1. The SMILES string of the molecule is CSCCCC(=O)N1CCC(N)CC1. The summed E-state index contributed by atoms with van der Waals surface area (Å²) in [5.41, 5.74) is 5.78. The van der Waals surface area contributed by atoms with E-state index in [0.29, 0.717) is 18.4 Å². The van der Waals surface area contributed by atoms with Crippen LogP contribution in [-0.2, 0) is 4.79 Å². The molecule has 1 aliphatic rings.